The van der Waals surface area contributed by atoms with E-state index in [1.165, 1.54) is 31.2 Å². The Kier molecular flexibility index (Phi) is 5.26. The van der Waals surface area contributed by atoms with Crippen molar-refractivity contribution in [1.82, 2.24) is 9.97 Å². The van der Waals surface area contributed by atoms with Gasteiger partial charge in [-0.1, -0.05) is 51.8 Å². The first-order valence-electron chi connectivity index (χ1n) is 9.41. The molecule has 1 aliphatic heterocycles. The maximum Gasteiger partial charge on any atom is 0.227 e. The zero-order chi connectivity index (χ0) is 17.9. The summed E-state index contributed by atoms with van der Waals surface area (Å²) in [5.41, 5.74) is 3.50. The second kappa shape index (κ2) is 7.42. The van der Waals surface area contributed by atoms with E-state index < -0.39 is 0 Å². The molecule has 0 radical (unpaired) electrons. The molecule has 0 aliphatic carbocycles. The van der Waals surface area contributed by atoms with Crippen LogP contribution >= 0.6 is 0 Å². The molecule has 4 nitrogen and oxygen atoms in total. The molecule has 1 fully saturated rings. The summed E-state index contributed by atoms with van der Waals surface area (Å²) in [5.74, 6) is 1.74. The lowest BCUT2D eigenvalue weighted by molar-refractivity contribution is 0.592. The van der Waals surface area contributed by atoms with Crippen LogP contribution in [0.4, 0.5) is 17.5 Å². The highest BCUT2D eigenvalue weighted by molar-refractivity contribution is 5.63. The van der Waals surface area contributed by atoms with Crippen LogP contribution in [0.5, 0.6) is 0 Å². The zero-order valence-corrected chi connectivity index (χ0v) is 16.0. The maximum absolute atomic E-state index is 4.82. The summed E-state index contributed by atoms with van der Waals surface area (Å²) in [4.78, 5) is 11.8. The predicted octanol–water partition coefficient (Wildman–Crippen LogP) is 5.21. The van der Waals surface area contributed by atoms with Gasteiger partial charge in [0.1, 0.15) is 5.82 Å². The minimum absolute atomic E-state index is 0.0826. The van der Waals surface area contributed by atoms with Crippen LogP contribution in [-0.4, -0.2) is 23.1 Å². The Labute approximate surface area is 151 Å². The fourth-order valence-corrected chi connectivity index (χ4v) is 3.41. The monoisotopic (exact) mass is 338 g/mol. The Hall–Kier alpha value is -2.10. The SMILES string of the molecule is Cc1cc(Nc2ccccc2C(C)(C)C)nc(N2CCCCCC2)n1. The van der Waals surface area contributed by atoms with E-state index in [9.17, 15) is 0 Å². The first kappa shape index (κ1) is 17.7. The first-order valence-corrected chi connectivity index (χ1v) is 9.41. The number of benzene rings is 1. The van der Waals surface area contributed by atoms with Gasteiger partial charge >= 0.3 is 0 Å². The number of aryl methyl sites for hydroxylation is 1. The lowest BCUT2D eigenvalue weighted by Crippen LogP contribution is -2.26. The number of nitrogens with one attached hydrogen (secondary N) is 1. The van der Waals surface area contributed by atoms with Crippen molar-refractivity contribution in [2.75, 3.05) is 23.3 Å². The van der Waals surface area contributed by atoms with E-state index in [1.54, 1.807) is 0 Å². The normalized spacial score (nSPS) is 15.8. The average molecular weight is 338 g/mol. The molecule has 2 heterocycles. The number of hydrogen-bond acceptors (Lipinski definition) is 4. The van der Waals surface area contributed by atoms with E-state index in [1.807, 2.05) is 13.0 Å². The van der Waals surface area contributed by atoms with Crippen molar-refractivity contribution in [3.05, 3.63) is 41.6 Å². The van der Waals surface area contributed by atoms with E-state index in [0.29, 0.717) is 0 Å². The van der Waals surface area contributed by atoms with Crippen molar-refractivity contribution in [3.8, 4) is 0 Å². The molecule has 1 N–H and O–H groups in total. The quantitative estimate of drug-likeness (QED) is 0.834. The van der Waals surface area contributed by atoms with E-state index in [2.05, 4.69) is 60.2 Å². The van der Waals surface area contributed by atoms with Crippen LogP contribution in [0.2, 0.25) is 0 Å². The van der Waals surface area contributed by atoms with Crippen LogP contribution in [0.3, 0.4) is 0 Å². The lowest BCUT2D eigenvalue weighted by Gasteiger charge is -2.24. The van der Waals surface area contributed by atoms with Gasteiger partial charge in [-0.25, -0.2) is 4.98 Å². The Morgan fingerprint density at radius 3 is 2.32 bits per heavy atom. The van der Waals surface area contributed by atoms with Crippen molar-refractivity contribution >= 4 is 17.5 Å². The molecule has 1 aromatic heterocycles. The second-order valence-corrected chi connectivity index (χ2v) is 8.02. The highest BCUT2D eigenvalue weighted by Crippen LogP contribution is 2.31. The van der Waals surface area contributed by atoms with Crippen LogP contribution in [0.25, 0.3) is 0 Å². The third kappa shape index (κ3) is 4.50. The summed E-state index contributed by atoms with van der Waals surface area (Å²) >= 11 is 0. The molecular formula is C21H30N4. The Morgan fingerprint density at radius 1 is 0.960 bits per heavy atom. The highest BCUT2D eigenvalue weighted by Gasteiger charge is 2.18. The van der Waals surface area contributed by atoms with Gasteiger partial charge in [-0.05, 0) is 36.8 Å². The molecule has 0 amide bonds. The number of para-hydroxylation sites is 1. The average Bonchev–Trinajstić information content (AvgIpc) is 2.83. The summed E-state index contributed by atoms with van der Waals surface area (Å²) in [6, 6.07) is 10.5. The van der Waals surface area contributed by atoms with Gasteiger partial charge in [0.15, 0.2) is 0 Å². The summed E-state index contributed by atoms with van der Waals surface area (Å²) in [7, 11) is 0. The lowest BCUT2D eigenvalue weighted by atomic mass is 9.86. The fraction of sp³-hybridized carbons (Fsp3) is 0.524. The molecule has 1 saturated heterocycles. The van der Waals surface area contributed by atoms with Crippen LogP contribution < -0.4 is 10.2 Å². The van der Waals surface area contributed by atoms with Crippen LogP contribution in [0.1, 0.15) is 57.7 Å². The number of nitrogens with zero attached hydrogens (tertiary/aromatic N) is 3. The van der Waals surface area contributed by atoms with Crippen LogP contribution in [0, 0.1) is 6.92 Å². The molecule has 134 valence electrons. The summed E-state index contributed by atoms with van der Waals surface area (Å²) < 4.78 is 0. The van der Waals surface area contributed by atoms with E-state index >= 15 is 0 Å². The third-order valence-electron chi connectivity index (χ3n) is 4.73. The summed E-state index contributed by atoms with van der Waals surface area (Å²) in [6.45, 7) is 10.9. The van der Waals surface area contributed by atoms with Crippen molar-refractivity contribution in [3.63, 3.8) is 0 Å². The molecule has 0 atom stereocenters. The van der Waals surface area contributed by atoms with Crippen molar-refractivity contribution < 1.29 is 0 Å². The molecule has 0 unspecified atom stereocenters. The number of hydrogen-bond donors (Lipinski definition) is 1. The van der Waals surface area contributed by atoms with Gasteiger partial charge in [0.25, 0.3) is 0 Å². The standard InChI is InChI=1S/C21H30N4/c1-16-15-19(23-18-12-8-7-11-17(18)21(2,3)4)24-20(22-16)25-13-9-5-6-10-14-25/h7-8,11-12,15H,5-6,9-10,13-14H2,1-4H3,(H,22,23,24). The van der Waals surface area contributed by atoms with Gasteiger partial charge < -0.3 is 10.2 Å². The number of rotatable bonds is 3. The largest absolute Gasteiger partial charge is 0.341 e. The molecule has 25 heavy (non-hydrogen) atoms. The Bertz CT molecular complexity index is 710. The predicted molar refractivity (Wildman–Crippen MR) is 106 cm³/mol. The minimum Gasteiger partial charge on any atom is -0.341 e. The van der Waals surface area contributed by atoms with Gasteiger partial charge in [0, 0.05) is 30.5 Å². The first-order chi connectivity index (χ1) is 11.9. The van der Waals surface area contributed by atoms with Gasteiger partial charge in [0.2, 0.25) is 5.95 Å². The van der Waals surface area contributed by atoms with Crippen LogP contribution in [-0.2, 0) is 5.41 Å². The Morgan fingerprint density at radius 2 is 1.64 bits per heavy atom. The van der Waals surface area contributed by atoms with Gasteiger partial charge in [-0.3, -0.25) is 0 Å². The van der Waals surface area contributed by atoms with Gasteiger partial charge in [-0.2, -0.15) is 4.98 Å². The molecule has 0 spiro atoms. The minimum atomic E-state index is 0.0826. The highest BCUT2D eigenvalue weighted by atomic mass is 15.3. The fourth-order valence-electron chi connectivity index (χ4n) is 3.41. The molecule has 0 bridgehead atoms. The van der Waals surface area contributed by atoms with E-state index in [-0.39, 0.29) is 5.41 Å². The number of anilines is 3. The van der Waals surface area contributed by atoms with Crippen molar-refractivity contribution in [2.45, 2.75) is 58.8 Å². The second-order valence-electron chi connectivity index (χ2n) is 8.02. The third-order valence-corrected chi connectivity index (χ3v) is 4.73. The van der Waals surface area contributed by atoms with E-state index in [4.69, 9.17) is 4.98 Å². The topological polar surface area (TPSA) is 41.1 Å². The Balaban J connectivity index is 1.89. The molecule has 2 aromatic rings. The van der Waals surface area contributed by atoms with Crippen molar-refractivity contribution in [2.24, 2.45) is 0 Å². The molecule has 4 heteroatoms. The summed E-state index contributed by atoms with van der Waals surface area (Å²) in [6.07, 6.45) is 5.08. The van der Waals surface area contributed by atoms with Gasteiger partial charge in [0.05, 0.1) is 0 Å². The maximum atomic E-state index is 4.82. The van der Waals surface area contributed by atoms with Crippen molar-refractivity contribution in [1.29, 1.82) is 0 Å². The van der Waals surface area contributed by atoms with Crippen LogP contribution in [0.15, 0.2) is 30.3 Å². The van der Waals surface area contributed by atoms with Gasteiger partial charge in [-0.15, -0.1) is 0 Å². The molecule has 3 rings (SSSR count). The molecule has 1 aromatic carbocycles. The zero-order valence-electron chi connectivity index (χ0n) is 16.0. The number of aromatic nitrogens is 2. The van der Waals surface area contributed by atoms with E-state index in [0.717, 1.165) is 36.2 Å². The molecular weight excluding hydrogens is 308 g/mol. The smallest absolute Gasteiger partial charge is 0.227 e. The molecule has 0 saturated carbocycles. The molecule has 1 aliphatic rings. The summed E-state index contributed by atoms with van der Waals surface area (Å²) in [5, 5.41) is 3.54.